The molecule has 1 aliphatic carbocycles. The number of rotatable bonds is 6. The summed E-state index contributed by atoms with van der Waals surface area (Å²) in [6.45, 7) is 2.81. The molecule has 0 saturated heterocycles. The van der Waals surface area contributed by atoms with E-state index in [0.717, 1.165) is 28.2 Å². The molecule has 4 rings (SSSR count). The van der Waals surface area contributed by atoms with Crippen molar-refractivity contribution in [2.24, 2.45) is 0 Å². The highest BCUT2D eigenvalue weighted by molar-refractivity contribution is 5.76. The number of aliphatic hydroxyl groups excluding tert-OH is 1. The van der Waals surface area contributed by atoms with E-state index < -0.39 is 6.10 Å². The zero-order chi connectivity index (χ0) is 18.6. The second kappa shape index (κ2) is 8.13. The number of para-hydroxylation sites is 3. The van der Waals surface area contributed by atoms with Gasteiger partial charge in [-0.2, -0.15) is 0 Å². The number of aliphatic hydroxyl groups is 1. The molecular weight excluding hydrogens is 336 g/mol. The number of hydrogen-bond donors (Lipinski definition) is 1. The van der Waals surface area contributed by atoms with Gasteiger partial charge in [-0.05, 0) is 43.5 Å². The lowest BCUT2D eigenvalue weighted by atomic mass is 9.88. The van der Waals surface area contributed by atoms with E-state index >= 15 is 0 Å². The van der Waals surface area contributed by atoms with Gasteiger partial charge < -0.3 is 14.4 Å². The molecule has 2 aromatic carbocycles. The summed E-state index contributed by atoms with van der Waals surface area (Å²) in [5.41, 5.74) is 3.21. The maximum Gasteiger partial charge on any atom is 0.122 e. The van der Waals surface area contributed by atoms with Gasteiger partial charge in [0.1, 0.15) is 24.3 Å². The van der Waals surface area contributed by atoms with Gasteiger partial charge in [-0.25, -0.2) is 4.98 Å². The molecule has 0 aliphatic heterocycles. The molecular formula is C23H28N2O2. The highest BCUT2D eigenvalue weighted by Gasteiger charge is 2.23. The Kier molecular flexibility index (Phi) is 5.44. The Labute approximate surface area is 160 Å². The highest BCUT2D eigenvalue weighted by Crippen LogP contribution is 2.34. The third-order valence-electron chi connectivity index (χ3n) is 5.57. The van der Waals surface area contributed by atoms with Crippen LogP contribution in [0.25, 0.3) is 11.0 Å². The van der Waals surface area contributed by atoms with Crippen LogP contribution in [0.1, 0.15) is 49.4 Å². The van der Waals surface area contributed by atoms with Gasteiger partial charge in [0.2, 0.25) is 0 Å². The quantitative estimate of drug-likeness (QED) is 0.681. The standard InChI is InChI=1S/C23H28N2O2/c1-17-9-5-8-14-22(17)27-16-19(26)15-25-21-13-7-6-12-20(21)24-23(25)18-10-3-2-4-11-18/h5-9,12-14,18-19,26H,2-4,10-11,15-16H2,1H3/t19-/m0/s1. The van der Waals surface area contributed by atoms with Crippen molar-refractivity contribution in [1.82, 2.24) is 9.55 Å². The number of fused-ring (bicyclic) bond motifs is 1. The predicted octanol–water partition coefficient (Wildman–Crippen LogP) is 4.83. The lowest BCUT2D eigenvalue weighted by Gasteiger charge is -2.23. The Hall–Kier alpha value is -2.33. The summed E-state index contributed by atoms with van der Waals surface area (Å²) in [6.07, 6.45) is 5.67. The first-order chi connectivity index (χ1) is 13.2. The molecule has 1 aliphatic rings. The number of imidazole rings is 1. The van der Waals surface area contributed by atoms with Crippen LogP contribution in [0.2, 0.25) is 0 Å². The van der Waals surface area contributed by atoms with Crippen molar-refractivity contribution < 1.29 is 9.84 Å². The fourth-order valence-electron chi connectivity index (χ4n) is 4.13. The van der Waals surface area contributed by atoms with Crippen LogP contribution in [-0.4, -0.2) is 27.4 Å². The maximum absolute atomic E-state index is 10.7. The third-order valence-corrected chi connectivity index (χ3v) is 5.57. The largest absolute Gasteiger partial charge is 0.491 e. The topological polar surface area (TPSA) is 47.3 Å². The molecule has 27 heavy (non-hydrogen) atoms. The van der Waals surface area contributed by atoms with Crippen LogP contribution >= 0.6 is 0 Å². The van der Waals surface area contributed by atoms with E-state index in [2.05, 4.69) is 16.7 Å². The van der Waals surface area contributed by atoms with Gasteiger partial charge >= 0.3 is 0 Å². The zero-order valence-electron chi connectivity index (χ0n) is 16.0. The Morgan fingerprint density at radius 3 is 2.63 bits per heavy atom. The number of ether oxygens (including phenoxy) is 1. The summed E-state index contributed by atoms with van der Waals surface area (Å²) < 4.78 is 8.08. The predicted molar refractivity (Wildman–Crippen MR) is 108 cm³/mol. The van der Waals surface area contributed by atoms with Crippen LogP contribution in [0.4, 0.5) is 0 Å². The van der Waals surface area contributed by atoms with Crippen LogP contribution < -0.4 is 4.74 Å². The SMILES string of the molecule is Cc1ccccc1OC[C@@H](O)Cn1c(C2CCCCC2)nc2ccccc21. The minimum absolute atomic E-state index is 0.279. The summed E-state index contributed by atoms with van der Waals surface area (Å²) >= 11 is 0. The van der Waals surface area contributed by atoms with Crippen LogP contribution in [0, 0.1) is 6.92 Å². The molecule has 0 amide bonds. The molecule has 1 N–H and O–H groups in total. The van der Waals surface area contributed by atoms with Gasteiger partial charge in [-0.1, -0.05) is 49.6 Å². The number of aryl methyl sites for hydroxylation is 1. The highest BCUT2D eigenvalue weighted by atomic mass is 16.5. The number of benzene rings is 2. The summed E-state index contributed by atoms with van der Waals surface area (Å²) in [5, 5.41) is 10.7. The minimum Gasteiger partial charge on any atom is -0.491 e. The molecule has 1 heterocycles. The lowest BCUT2D eigenvalue weighted by Crippen LogP contribution is -2.25. The maximum atomic E-state index is 10.7. The molecule has 142 valence electrons. The Morgan fingerprint density at radius 2 is 1.81 bits per heavy atom. The number of hydrogen-bond acceptors (Lipinski definition) is 3. The van der Waals surface area contributed by atoms with E-state index in [1.54, 1.807) is 0 Å². The summed E-state index contributed by atoms with van der Waals surface area (Å²) in [6, 6.07) is 16.2. The Bertz CT molecular complexity index is 896. The summed E-state index contributed by atoms with van der Waals surface area (Å²) in [5.74, 6) is 2.46. The van der Waals surface area contributed by atoms with Crippen LogP contribution in [0.3, 0.4) is 0 Å². The Morgan fingerprint density at radius 1 is 1.07 bits per heavy atom. The van der Waals surface area contributed by atoms with Crippen LogP contribution in [0.5, 0.6) is 5.75 Å². The van der Waals surface area contributed by atoms with E-state index in [1.807, 2.05) is 43.3 Å². The molecule has 0 radical (unpaired) electrons. The van der Waals surface area contributed by atoms with Gasteiger partial charge in [0, 0.05) is 5.92 Å². The molecule has 1 atom stereocenters. The van der Waals surface area contributed by atoms with Crippen molar-refractivity contribution in [2.45, 2.75) is 57.6 Å². The first-order valence-corrected chi connectivity index (χ1v) is 10.0. The lowest BCUT2D eigenvalue weighted by molar-refractivity contribution is 0.0919. The van der Waals surface area contributed by atoms with E-state index in [-0.39, 0.29) is 6.61 Å². The molecule has 4 nitrogen and oxygen atoms in total. The van der Waals surface area contributed by atoms with Gasteiger partial charge in [-0.15, -0.1) is 0 Å². The minimum atomic E-state index is -0.579. The molecule has 1 fully saturated rings. The fraction of sp³-hybridized carbons (Fsp3) is 0.435. The molecule has 1 saturated carbocycles. The van der Waals surface area contributed by atoms with E-state index in [1.165, 1.54) is 32.1 Å². The van der Waals surface area contributed by atoms with Crippen LogP contribution in [0.15, 0.2) is 48.5 Å². The van der Waals surface area contributed by atoms with Crippen molar-refractivity contribution >= 4 is 11.0 Å². The Balaban J connectivity index is 1.54. The number of aromatic nitrogens is 2. The zero-order valence-corrected chi connectivity index (χ0v) is 16.0. The molecule has 4 heteroatoms. The average molecular weight is 364 g/mol. The monoisotopic (exact) mass is 364 g/mol. The van der Waals surface area contributed by atoms with E-state index in [9.17, 15) is 5.11 Å². The van der Waals surface area contributed by atoms with Crippen molar-refractivity contribution in [1.29, 1.82) is 0 Å². The molecule has 0 bridgehead atoms. The van der Waals surface area contributed by atoms with Crippen molar-refractivity contribution in [2.75, 3.05) is 6.61 Å². The van der Waals surface area contributed by atoms with Gasteiger partial charge in [-0.3, -0.25) is 0 Å². The van der Waals surface area contributed by atoms with Crippen molar-refractivity contribution in [3.8, 4) is 5.75 Å². The van der Waals surface area contributed by atoms with Gasteiger partial charge in [0.15, 0.2) is 0 Å². The van der Waals surface area contributed by atoms with Crippen molar-refractivity contribution in [3.05, 3.63) is 59.9 Å². The van der Waals surface area contributed by atoms with E-state index in [4.69, 9.17) is 9.72 Å². The molecule has 3 aromatic rings. The fourth-order valence-corrected chi connectivity index (χ4v) is 4.13. The third kappa shape index (κ3) is 4.01. The first-order valence-electron chi connectivity index (χ1n) is 10.0. The normalized spacial score (nSPS) is 16.5. The van der Waals surface area contributed by atoms with Crippen molar-refractivity contribution in [3.63, 3.8) is 0 Å². The first kappa shape index (κ1) is 18.1. The molecule has 0 spiro atoms. The van der Waals surface area contributed by atoms with Crippen LogP contribution in [-0.2, 0) is 6.54 Å². The smallest absolute Gasteiger partial charge is 0.122 e. The summed E-state index contributed by atoms with van der Waals surface area (Å²) in [4.78, 5) is 4.93. The molecule has 1 aromatic heterocycles. The second-order valence-electron chi connectivity index (χ2n) is 7.63. The second-order valence-corrected chi connectivity index (χ2v) is 7.63. The average Bonchev–Trinajstić information content (AvgIpc) is 3.06. The van der Waals surface area contributed by atoms with E-state index in [0.29, 0.717) is 12.5 Å². The number of nitrogens with zero attached hydrogens (tertiary/aromatic N) is 2. The van der Waals surface area contributed by atoms with Gasteiger partial charge in [0.25, 0.3) is 0 Å². The van der Waals surface area contributed by atoms with Gasteiger partial charge in [0.05, 0.1) is 17.6 Å². The molecule has 0 unspecified atom stereocenters. The summed E-state index contributed by atoms with van der Waals surface area (Å²) in [7, 11) is 0.